The summed E-state index contributed by atoms with van der Waals surface area (Å²) in [7, 11) is 0. The van der Waals surface area contributed by atoms with Crippen LogP contribution in [0.3, 0.4) is 0 Å². The van der Waals surface area contributed by atoms with Crippen molar-refractivity contribution in [1.29, 1.82) is 5.26 Å². The van der Waals surface area contributed by atoms with Crippen LogP contribution in [0, 0.1) is 56.7 Å². The van der Waals surface area contributed by atoms with Crippen LogP contribution in [-0.4, -0.2) is 11.6 Å². The Kier molecular flexibility index (Phi) is 5.17. The molecule has 7 atom stereocenters. The van der Waals surface area contributed by atoms with Crippen LogP contribution in [0.25, 0.3) is 0 Å². The van der Waals surface area contributed by atoms with Gasteiger partial charge in [-0.05, 0) is 91.4 Å². The third kappa shape index (κ3) is 3.19. The van der Waals surface area contributed by atoms with Crippen LogP contribution in [0.2, 0.25) is 0 Å². The normalized spacial score (nSPS) is 46.1. The first kappa shape index (κ1) is 23.1. The van der Waals surface area contributed by atoms with Crippen LogP contribution in [0.4, 0.5) is 0 Å². The van der Waals surface area contributed by atoms with Crippen molar-refractivity contribution in [2.24, 2.45) is 45.3 Å². The molecule has 0 aromatic heterocycles. The van der Waals surface area contributed by atoms with Gasteiger partial charge in [0.1, 0.15) is 6.07 Å². The second-order valence-electron chi connectivity index (χ2n) is 13.5. The Labute approximate surface area is 200 Å². The van der Waals surface area contributed by atoms with E-state index >= 15 is 0 Å². The summed E-state index contributed by atoms with van der Waals surface area (Å²) < 4.78 is 0. The highest BCUT2D eigenvalue weighted by molar-refractivity contribution is 6.01. The number of hydrogen-bond donors (Lipinski definition) is 0. The topological polar surface area (TPSA) is 57.9 Å². The Hall–Kier alpha value is -1.69. The molecule has 0 saturated heterocycles. The smallest absolute Gasteiger partial charge is 0.173 e. The van der Waals surface area contributed by atoms with Crippen LogP contribution >= 0.6 is 0 Å². The number of hydrogen-bond acceptors (Lipinski definition) is 3. The Morgan fingerprint density at radius 2 is 1.79 bits per heavy atom. The molecule has 0 amide bonds. The fourth-order valence-electron chi connectivity index (χ4n) is 9.46. The van der Waals surface area contributed by atoms with Crippen LogP contribution in [0.5, 0.6) is 0 Å². The molecule has 3 fully saturated rings. The number of carbonyl (C=O) groups excluding carboxylic acids is 2. The van der Waals surface area contributed by atoms with Gasteiger partial charge in [-0.3, -0.25) is 9.59 Å². The van der Waals surface area contributed by atoms with Crippen LogP contribution in [-0.2, 0) is 9.59 Å². The van der Waals surface area contributed by atoms with E-state index in [0.717, 1.165) is 19.3 Å². The van der Waals surface area contributed by atoms with Crippen molar-refractivity contribution < 1.29 is 9.59 Å². The second-order valence-corrected chi connectivity index (χ2v) is 13.5. The monoisotopic (exact) mass is 447 g/mol. The van der Waals surface area contributed by atoms with Crippen LogP contribution in [0.1, 0.15) is 98.8 Å². The van der Waals surface area contributed by atoms with Gasteiger partial charge in [0.15, 0.2) is 11.6 Å². The maximum absolute atomic E-state index is 14.0. The van der Waals surface area contributed by atoms with Crippen molar-refractivity contribution in [3.8, 4) is 6.07 Å². The number of nitrogens with zero attached hydrogens (tertiary/aromatic N) is 1. The molecular weight excluding hydrogens is 406 g/mol. The van der Waals surface area contributed by atoms with Gasteiger partial charge < -0.3 is 0 Å². The summed E-state index contributed by atoms with van der Waals surface area (Å²) in [6, 6.07) is 2.15. The zero-order chi connectivity index (χ0) is 23.8. The highest BCUT2D eigenvalue weighted by atomic mass is 16.1. The van der Waals surface area contributed by atoms with Gasteiger partial charge in [0, 0.05) is 17.8 Å². The van der Waals surface area contributed by atoms with Crippen molar-refractivity contribution in [2.75, 3.05) is 0 Å². The number of Topliss-reactive ketones (excluding diaryl/α,β-unsaturated/α-hetero) is 1. The Morgan fingerprint density at radius 1 is 1.03 bits per heavy atom. The molecule has 178 valence electrons. The fourth-order valence-corrected chi connectivity index (χ4v) is 9.46. The lowest BCUT2D eigenvalue weighted by Crippen LogP contribution is -2.59. The zero-order valence-electron chi connectivity index (χ0n) is 21.3. The Morgan fingerprint density at radius 3 is 2.48 bits per heavy atom. The Bertz CT molecular complexity index is 995. The van der Waals surface area contributed by atoms with E-state index in [1.165, 1.54) is 44.1 Å². The summed E-state index contributed by atoms with van der Waals surface area (Å²) in [6.45, 7) is 11.7. The van der Waals surface area contributed by atoms with Gasteiger partial charge in [-0.25, -0.2) is 0 Å². The van der Waals surface area contributed by atoms with Gasteiger partial charge in [-0.2, -0.15) is 5.26 Å². The van der Waals surface area contributed by atoms with Crippen LogP contribution in [0.15, 0.2) is 23.3 Å². The van der Waals surface area contributed by atoms with Crippen LogP contribution < -0.4 is 0 Å². The minimum Gasteiger partial charge on any atom is -0.295 e. The van der Waals surface area contributed by atoms with Crippen molar-refractivity contribution in [3.05, 3.63) is 23.3 Å². The highest BCUT2D eigenvalue weighted by Crippen LogP contribution is 2.69. The first-order chi connectivity index (χ1) is 15.5. The molecule has 5 aliphatic carbocycles. The molecule has 3 nitrogen and oxygen atoms in total. The lowest BCUT2D eigenvalue weighted by atomic mass is 9.39. The van der Waals surface area contributed by atoms with Crippen molar-refractivity contribution in [1.82, 2.24) is 0 Å². The molecule has 7 unspecified atom stereocenters. The molecule has 33 heavy (non-hydrogen) atoms. The number of fused-ring (bicyclic) bond motifs is 7. The van der Waals surface area contributed by atoms with Crippen molar-refractivity contribution >= 4 is 11.6 Å². The number of rotatable bonds is 2. The van der Waals surface area contributed by atoms with Gasteiger partial charge in [-0.1, -0.05) is 52.7 Å². The lowest BCUT2D eigenvalue weighted by Gasteiger charge is -2.64. The third-order valence-electron chi connectivity index (χ3n) is 11.2. The van der Waals surface area contributed by atoms with E-state index in [9.17, 15) is 14.9 Å². The highest BCUT2D eigenvalue weighted by Gasteiger charge is 2.63. The van der Waals surface area contributed by atoms with Crippen molar-refractivity contribution in [2.45, 2.75) is 98.8 Å². The molecule has 0 heterocycles. The van der Waals surface area contributed by atoms with Crippen molar-refractivity contribution in [3.63, 3.8) is 0 Å². The summed E-state index contributed by atoms with van der Waals surface area (Å²) in [4.78, 5) is 26.5. The van der Waals surface area contributed by atoms with Gasteiger partial charge in [0.2, 0.25) is 0 Å². The molecule has 5 rings (SSSR count). The minimum atomic E-state index is -0.351. The van der Waals surface area contributed by atoms with E-state index in [1.54, 1.807) is 0 Å². The van der Waals surface area contributed by atoms with Gasteiger partial charge >= 0.3 is 0 Å². The molecule has 0 spiro atoms. The molecular formula is C30H41NO2. The average Bonchev–Trinajstić information content (AvgIpc) is 2.75. The number of carbonyl (C=O) groups is 2. The summed E-state index contributed by atoms with van der Waals surface area (Å²) in [5.74, 6) is 1.57. The molecule has 0 N–H and O–H groups in total. The predicted octanol–water partition coefficient (Wildman–Crippen LogP) is 6.98. The standard InChI is InChI=1S/C30H41NO2/c1-6-9-30-11-8-21-26(22(30)17-27(2,3)12-13-30)24(33)15-25-28(21,4)10-7-20-14-23(32)19(18-31)16-29(20,25)5/h15-16,20-22,26H,6-14,17H2,1-5H3. The quantitative estimate of drug-likeness (QED) is 0.459. The summed E-state index contributed by atoms with van der Waals surface area (Å²) in [5, 5.41) is 9.60. The SMILES string of the molecule is CCCC12CCC3C(C(=O)C=C4C5(C)C=C(C#N)C(=O)CC5CCC43C)C1CC(C)(C)CC2. The largest absolute Gasteiger partial charge is 0.295 e. The second kappa shape index (κ2) is 7.40. The van der Waals surface area contributed by atoms with E-state index in [2.05, 4.69) is 40.7 Å². The van der Waals surface area contributed by atoms with E-state index in [4.69, 9.17) is 0 Å². The maximum atomic E-state index is 14.0. The minimum absolute atomic E-state index is 0.0127. The molecule has 0 aromatic rings. The Balaban J connectivity index is 1.61. The van der Waals surface area contributed by atoms with Gasteiger partial charge in [-0.15, -0.1) is 0 Å². The summed E-state index contributed by atoms with van der Waals surface area (Å²) in [6.07, 6.45) is 15.1. The molecule has 3 saturated carbocycles. The van der Waals surface area contributed by atoms with E-state index in [0.29, 0.717) is 40.4 Å². The molecule has 5 aliphatic rings. The number of ketones is 2. The average molecular weight is 448 g/mol. The molecule has 0 bridgehead atoms. The first-order valence-electron chi connectivity index (χ1n) is 13.4. The van der Waals surface area contributed by atoms with E-state index in [-0.39, 0.29) is 28.4 Å². The van der Waals surface area contributed by atoms with Gasteiger partial charge in [0.05, 0.1) is 5.57 Å². The maximum Gasteiger partial charge on any atom is 0.173 e. The third-order valence-corrected chi connectivity index (χ3v) is 11.2. The first-order valence-corrected chi connectivity index (χ1v) is 13.4. The summed E-state index contributed by atoms with van der Waals surface area (Å²) >= 11 is 0. The van der Waals surface area contributed by atoms with E-state index in [1.807, 2.05) is 12.2 Å². The molecule has 0 aliphatic heterocycles. The predicted molar refractivity (Wildman–Crippen MR) is 130 cm³/mol. The number of nitriles is 1. The molecule has 3 heteroatoms. The van der Waals surface area contributed by atoms with Gasteiger partial charge in [0.25, 0.3) is 0 Å². The summed E-state index contributed by atoms with van der Waals surface area (Å²) in [5.41, 5.74) is 1.82. The van der Waals surface area contributed by atoms with E-state index < -0.39 is 0 Å². The molecule has 0 radical (unpaired) electrons. The fraction of sp³-hybridized carbons (Fsp3) is 0.767. The lowest BCUT2D eigenvalue weighted by molar-refractivity contribution is -0.146. The zero-order valence-corrected chi connectivity index (χ0v) is 21.3. The number of allylic oxidation sites excluding steroid dienone is 4. The molecule has 0 aromatic carbocycles.